The molecule has 1 rings (SSSR count). The molecule has 0 aliphatic carbocycles. The highest BCUT2D eigenvalue weighted by molar-refractivity contribution is 5.00. The molecule has 0 spiro atoms. The van der Waals surface area contributed by atoms with Gasteiger partial charge in [0, 0.05) is 25.9 Å². The van der Waals surface area contributed by atoms with Gasteiger partial charge in [-0.25, -0.2) is 0 Å². The van der Waals surface area contributed by atoms with Crippen molar-refractivity contribution in [3.05, 3.63) is 0 Å². The summed E-state index contributed by atoms with van der Waals surface area (Å²) >= 11 is 0. The summed E-state index contributed by atoms with van der Waals surface area (Å²) in [6, 6.07) is 0. The van der Waals surface area contributed by atoms with Gasteiger partial charge in [-0.15, -0.1) is 11.8 Å². The van der Waals surface area contributed by atoms with Crippen molar-refractivity contribution in [1.29, 1.82) is 0 Å². The quantitative estimate of drug-likeness (QED) is 0.583. The van der Waals surface area contributed by atoms with Crippen molar-refractivity contribution in [2.45, 2.75) is 19.3 Å². The van der Waals surface area contributed by atoms with E-state index in [1.54, 1.807) is 0 Å². The number of aliphatic hydroxyl groups is 1. The second-order valence-corrected chi connectivity index (χ2v) is 2.77. The number of hydrogen-bond donors (Lipinski definition) is 1. The van der Waals surface area contributed by atoms with Crippen LogP contribution in [0.2, 0.25) is 0 Å². The maximum absolute atomic E-state index is 8.70. The molecule has 11 heavy (non-hydrogen) atoms. The SMILES string of the molecule is OCCN1CCC#CCCC1. The molecule has 0 amide bonds. The third kappa shape index (κ3) is 3.41. The Kier molecular flexibility index (Phi) is 4.03. The van der Waals surface area contributed by atoms with Crippen LogP contribution in [0.4, 0.5) is 0 Å². The summed E-state index contributed by atoms with van der Waals surface area (Å²) in [6.45, 7) is 3.19. The molecule has 0 unspecified atom stereocenters. The van der Waals surface area contributed by atoms with E-state index >= 15 is 0 Å². The van der Waals surface area contributed by atoms with Gasteiger partial charge in [0.15, 0.2) is 0 Å². The topological polar surface area (TPSA) is 23.5 Å². The van der Waals surface area contributed by atoms with E-state index in [0.29, 0.717) is 0 Å². The molecule has 0 saturated carbocycles. The number of aliphatic hydroxyl groups excluding tert-OH is 1. The van der Waals surface area contributed by atoms with E-state index in [2.05, 4.69) is 16.7 Å². The molecule has 1 aliphatic rings. The first-order valence-electron chi connectivity index (χ1n) is 4.22. The summed E-state index contributed by atoms with van der Waals surface area (Å²) < 4.78 is 0. The Morgan fingerprint density at radius 3 is 2.82 bits per heavy atom. The first-order chi connectivity index (χ1) is 5.43. The summed E-state index contributed by atoms with van der Waals surface area (Å²) in [4.78, 5) is 2.27. The van der Waals surface area contributed by atoms with Gasteiger partial charge in [0.1, 0.15) is 0 Å². The van der Waals surface area contributed by atoms with Crippen molar-refractivity contribution < 1.29 is 5.11 Å². The Labute approximate surface area is 68.2 Å². The Bertz CT molecular complexity index is 157. The summed E-state index contributed by atoms with van der Waals surface area (Å²) in [5.41, 5.74) is 0. The molecule has 1 heterocycles. The summed E-state index contributed by atoms with van der Waals surface area (Å²) in [5, 5.41) is 8.70. The molecule has 0 fully saturated rings. The van der Waals surface area contributed by atoms with Gasteiger partial charge < -0.3 is 10.0 Å². The highest BCUT2D eigenvalue weighted by Gasteiger charge is 2.03. The molecule has 1 N–H and O–H groups in total. The third-order valence-electron chi connectivity index (χ3n) is 1.87. The minimum Gasteiger partial charge on any atom is -0.395 e. The van der Waals surface area contributed by atoms with Crippen LogP contribution in [0, 0.1) is 11.8 Å². The maximum atomic E-state index is 8.70. The van der Waals surface area contributed by atoms with Gasteiger partial charge >= 0.3 is 0 Å². The van der Waals surface area contributed by atoms with Crippen LogP contribution >= 0.6 is 0 Å². The zero-order valence-electron chi connectivity index (χ0n) is 6.84. The molecule has 0 saturated heterocycles. The largest absolute Gasteiger partial charge is 0.395 e. The summed E-state index contributed by atoms with van der Waals surface area (Å²) in [5.74, 6) is 6.21. The summed E-state index contributed by atoms with van der Waals surface area (Å²) in [6.07, 6.45) is 3.12. The van der Waals surface area contributed by atoms with E-state index in [9.17, 15) is 0 Å². The van der Waals surface area contributed by atoms with E-state index < -0.39 is 0 Å². The minimum absolute atomic E-state index is 0.271. The summed E-state index contributed by atoms with van der Waals surface area (Å²) in [7, 11) is 0. The zero-order chi connectivity index (χ0) is 7.94. The molecule has 2 nitrogen and oxygen atoms in total. The van der Waals surface area contributed by atoms with Crippen LogP contribution in [0.3, 0.4) is 0 Å². The lowest BCUT2D eigenvalue weighted by Gasteiger charge is -2.20. The molecule has 0 aromatic heterocycles. The van der Waals surface area contributed by atoms with Gasteiger partial charge in [-0.3, -0.25) is 0 Å². The smallest absolute Gasteiger partial charge is 0.0558 e. The van der Waals surface area contributed by atoms with Crippen LogP contribution in [0.1, 0.15) is 19.3 Å². The zero-order valence-corrected chi connectivity index (χ0v) is 6.84. The van der Waals surface area contributed by atoms with Crippen molar-refractivity contribution in [3.63, 3.8) is 0 Å². The van der Waals surface area contributed by atoms with Gasteiger partial charge in [0.2, 0.25) is 0 Å². The minimum atomic E-state index is 0.271. The molecule has 1 aliphatic heterocycles. The lowest BCUT2D eigenvalue weighted by atomic mass is 10.2. The van der Waals surface area contributed by atoms with Gasteiger partial charge in [-0.05, 0) is 13.0 Å². The first-order valence-corrected chi connectivity index (χ1v) is 4.22. The standard InChI is InChI=1S/C9H15NO/c11-9-8-10-6-4-2-1-3-5-7-10/h11H,2,4-9H2. The van der Waals surface area contributed by atoms with Gasteiger partial charge in [0.05, 0.1) is 6.61 Å². The lowest BCUT2D eigenvalue weighted by Crippen LogP contribution is -2.29. The second-order valence-electron chi connectivity index (χ2n) is 2.77. The van der Waals surface area contributed by atoms with Crippen molar-refractivity contribution in [1.82, 2.24) is 4.90 Å². The fourth-order valence-electron chi connectivity index (χ4n) is 1.26. The van der Waals surface area contributed by atoms with Crippen molar-refractivity contribution in [2.75, 3.05) is 26.2 Å². The van der Waals surface area contributed by atoms with E-state index in [1.807, 2.05) is 0 Å². The highest BCUT2D eigenvalue weighted by Crippen LogP contribution is 1.98. The fourth-order valence-corrected chi connectivity index (χ4v) is 1.26. The second kappa shape index (κ2) is 5.17. The van der Waals surface area contributed by atoms with Crippen molar-refractivity contribution in [3.8, 4) is 11.8 Å². The van der Waals surface area contributed by atoms with Crippen LogP contribution in [0.5, 0.6) is 0 Å². The molecular formula is C9H15NO. The van der Waals surface area contributed by atoms with Crippen LogP contribution in [-0.2, 0) is 0 Å². The molecular weight excluding hydrogens is 138 g/mol. The van der Waals surface area contributed by atoms with Gasteiger partial charge in [-0.1, -0.05) is 0 Å². The average molecular weight is 153 g/mol. The average Bonchev–Trinajstić information content (AvgIpc) is 1.94. The first kappa shape index (κ1) is 8.58. The molecule has 2 heteroatoms. The Morgan fingerprint density at radius 2 is 2.00 bits per heavy atom. The number of nitrogens with zero attached hydrogens (tertiary/aromatic N) is 1. The highest BCUT2D eigenvalue weighted by atomic mass is 16.3. The molecule has 0 bridgehead atoms. The number of rotatable bonds is 2. The van der Waals surface area contributed by atoms with Crippen molar-refractivity contribution >= 4 is 0 Å². The molecule has 62 valence electrons. The van der Waals surface area contributed by atoms with E-state index in [-0.39, 0.29) is 6.61 Å². The normalized spacial score (nSPS) is 19.7. The Balaban J connectivity index is 2.27. The predicted molar refractivity (Wildman–Crippen MR) is 45.2 cm³/mol. The van der Waals surface area contributed by atoms with Gasteiger partial charge in [0.25, 0.3) is 0 Å². The fraction of sp³-hybridized carbons (Fsp3) is 0.778. The molecule has 0 radical (unpaired) electrons. The van der Waals surface area contributed by atoms with Crippen LogP contribution in [0.25, 0.3) is 0 Å². The number of β-amino-alcohol motifs (C(OH)–C–C–N with tert-alkyl or cyclic N) is 1. The van der Waals surface area contributed by atoms with Crippen molar-refractivity contribution in [2.24, 2.45) is 0 Å². The van der Waals surface area contributed by atoms with Crippen LogP contribution in [-0.4, -0.2) is 36.2 Å². The molecule has 0 atom stereocenters. The third-order valence-corrected chi connectivity index (χ3v) is 1.87. The van der Waals surface area contributed by atoms with E-state index in [4.69, 9.17) is 5.11 Å². The molecule has 0 aromatic rings. The Morgan fingerprint density at radius 1 is 1.18 bits per heavy atom. The predicted octanol–water partition coefficient (Wildman–Crippen LogP) is 0.468. The number of hydrogen-bond acceptors (Lipinski definition) is 2. The van der Waals surface area contributed by atoms with Gasteiger partial charge in [-0.2, -0.15) is 0 Å². The lowest BCUT2D eigenvalue weighted by molar-refractivity contribution is 0.197. The van der Waals surface area contributed by atoms with Crippen LogP contribution < -0.4 is 0 Å². The van der Waals surface area contributed by atoms with Crippen LogP contribution in [0.15, 0.2) is 0 Å². The molecule has 0 aromatic carbocycles. The van der Waals surface area contributed by atoms with E-state index in [0.717, 1.165) is 38.9 Å². The monoisotopic (exact) mass is 153 g/mol. The Hall–Kier alpha value is -0.520. The maximum Gasteiger partial charge on any atom is 0.0558 e. The van der Waals surface area contributed by atoms with E-state index in [1.165, 1.54) is 0 Å².